The quantitative estimate of drug-likeness (QED) is 0.927. The van der Waals surface area contributed by atoms with Crippen LogP contribution in [0.5, 0.6) is 0 Å². The molecule has 2 aliphatic rings. The van der Waals surface area contributed by atoms with Gasteiger partial charge in [-0.1, -0.05) is 0 Å². The molecule has 0 unspecified atom stereocenters. The van der Waals surface area contributed by atoms with E-state index >= 15 is 0 Å². The minimum absolute atomic E-state index is 0.0277. The van der Waals surface area contributed by atoms with Crippen LogP contribution in [0, 0.1) is 5.82 Å². The van der Waals surface area contributed by atoms with Crippen molar-refractivity contribution in [3.63, 3.8) is 0 Å². The molecule has 21 heavy (non-hydrogen) atoms. The summed E-state index contributed by atoms with van der Waals surface area (Å²) < 4.78 is 14.3. The Bertz CT molecular complexity index is 529. The van der Waals surface area contributed by atoms with Crippen molar-refractivity contribution in [2.45, 2.75) is 31.7 Å². The average Bonchev–Trinajstić information content (AvgIpc) is 3.17. The third kappa shape index (κ3) is 2.75. The van der Waals surface area contributed by atoms with Crippen molar-refractivity contribution in [2.24, 2.45) is 0 Å². The Kier molecular flexibility index (Phi) is 4.10. The number of carbonyl (C=O) groups excluding carboxylic acids is 1. The maximum atomic E-state index is 14.3. The summed E-state index contributed by atoms with van der Waals surface area (Å²) in [5, 5.41) is 9.30. The lowest BCUT2D eigenvalue weighted by molar-refractivity contribution is 0.0677. The summed E-state index contributed by atoms with van der Waals surface area (Å²) in [6.07, 6.45) is 3.89. The molecule has 5 heteroatoms. The van der Waals surface area contributed by atoms with E-state index in [2.05, 4.69) is 0 Å². The molecule has 1 atom stereocenters. The summed E-state index contributed by atoms with van der Waals surface area (Å²) in [6, 6.07) is 4.62. The molecular weight excluding hydrogens is 271 g/mol. The van der Waals surface area contributed by atoms with E-state index in [1.54, 1.807) is 17.0 Å². The Balaban J connectivity index is 1.79. The molecular formula is C16H21FN2O2. The first-order valence-corrected chi connectivity index (χ1v) is 7.67. The monoisotopic (exact) mass is 292 g/mol. The Morgan fingerprint density at radius 3 is 2.67 bits per heavy atom. The predicted octanol–water partition coefficient (Wildman–Crippen LogP) is 2.02. The number of anilines is 1. The highest BCUT2D eigenvalue weighted by molar-refractivity contribution is 5.95. The van der Waals surface area contributed by atoms with Gasteiger partial charge in [-0.05, 0) is 43.9 Å². The molecule has 1 N–H and O–H groups in total. The zero-order valence-corrected chi connectivity index (χ0v) is 12.1. The van der Waals surface area contributed by atoms with E-state index in [0.717, 1.165) is 38.8 Å². The van der Waals surface area contributed by atoms with Crippen molar-refractivity contribution in [3.05, 3.63) is 29.6 Å². The Hall–Kier alpha value is -1.62. The van der Waals surface area contributed by atoms with Gasteiger partial charge in [0, 0.05) is 25.2 Å². The van der Waals surface area contributed by atoms with Gasteiger partial charge in [-0.15, -0.1) is 0 Å². The van der Waals surface area contributed by atoms with Crippen molar-refractivity contribution < 1.29 is 14.3 Å². The zero-order chi connectivity index (χ0) is 14.8. The number of aliphatic hydroxyl groups is 1. The van der Waals surface area contributed by atoms with Gasteiger partial charge in [0.1, 0.15) is 5.82 Å². The molecule has 2 aliphatic heterocycles. The topological polar surface area (TPSA) is 43.8 Å². The van der Waals surface area contributed by atoms with E-state index in [9.17, 15) is 14.3 Å². The van der Waals surface area contributed by atoms with Gasteiger partial charge in [0.05, 0.1) is 18.3 Å². The van der Waals surface area contributed by atoms with E-state index < -0.39 is 0 Å². The van der Waals surface area contributed by atoms with Gasteiger partial charge in [-0.3, -0.25) is 4.79 Å². The number of aliphatic hydroxyl groups excluding tert-OH is 1. The molecule has 2 saturated heterocycles. The second-order valence-electron chi connectivity index (χ2n) is 5.84. The smallest absolute Gasteiger partial charge is 0.254 e. The SMILES string of the molecule is O=C(c1ccc(N2CCCC2)c(F)c1)N1CCC[C@@H]1CO. The fourth-order valence-electron chi connectivity index (χ4n) is 3.31. The van der Waals surface area contributed by atoms with Crippen LogP contribution in [0.15, 0.2) is 18.2 Å². The van der Waals surface area contributed by atoms with Crippen LogP contribution >= 0.6 is 0 Å². The van der Waals surface area contributed by atoms with Gasteiger partial charge in [0.15, 0.2) is 0 Å². The Labute approximate surface area is 124 Å². The first-order chi connectivity index (χ1) is 10.2. The second kappa shape index (κ2) is 6.02. The molecule has 0 radical (unpaired) electrons. The molecule has 1 aromatic rings. The number of hydrogen-bond donors (Lipinski definition) is 1. The van der Waals surface area contributed by atoms with Crippen molar-refractivity contribution in [3.8, 4) is 0 Å². The lowest BCUT2D eigenvalue weighted by Crippen LogP contribution is -2.37. The maximum Gasteiger partial charge on any atom is 0.254 e. The van der Waals surface area contributed by atoms with E-state index in [0.29, 0.717) is 17.8 Å². The summed E-state index contributed by atoms with van der Waals surface area (Å²) in [7, 11) is 0. The summed E-state index contributed by atoms with van der Waals surface area (Å²) in [6.45, 7) is 2.37. The molecule has 0 saturated carbocycles. The number of benzene rings is 1. The highest BCUT2D eigenvalue weighted by Crippen LogP contribution is 2.26. The predicted molar refractivity (Wildman–Crippen MR) is 79.0 cm³/mol. The minimum Gasteiger partial charge on any atom is -0.394 e. The number of rotatable bonds is 3. The molecule has 1 amide bonds. The molecule has 2 fully saturated rings. The molecule has 3 rings (SSSR count). The highest BCUT2D eigenvalue weighted by atomic mass is 19.1. The van der Waals surface area contributed by atoms with Gasteiger partial charge in [-0.25, -0.2) is 4.39 Å². The highest BCUT2D eigenvalue weighted by Gasteiger charge is 2.29. The van der Waals surface area contributed by atoms with Crippen LogP contribution in [0.3, 0.4) is 0 Å². The molecule has 114 valence electrons. The van der Waals surface area contributed by atoms with E-state index in [4.69, 9.17) is 0 Å². The van der Waals surface area contributed by atoms with Crippen LogP contribution in [-0.4, -0.2) is 48.2 Å². The summed E-state index contributed by atoms with van der Waals surface area (Å²) in [5.74, 6) is -0.513. The summed E-state index contributed by atoms with van der Waals surface area (Å²) >= 11 is 0. The van der Waals surface area contributed by atoms with Gasteiger partial charge >= 0.3 is 0 Å². The third-order valence-electron chi connectivity index (χ3n) is 4.49. The van der Waals surface area contributed by atoms with E-state index in [1.165, 1.54) is 6.07 Å². The number of carbonyl (C=O) groups is 1. The van der Waals surface area contributed by atoms with Crippen LogP contribution in [0.25, 0.3) is 0 Å². The summed E-state index contributed by atoms with van der Waals surface area (Å²) in [5.41, 5.74) is 0.958. The zero-order valence-electron chi connectivity index (χ0n) is 12.1. The van der Waals surface area contributed by atoms with Crippen LogP contribution in [-0.2, 0) is 0 Å². The number of halogens is 1. The van der Waals surface area contributed by atoms with Crippen LogP contribution in [0.1, 0.15) is 36.0 Å². The van der Waals surface area contributed by atoms with E-state index in [-0.39, 0.29) is 24.4 Å². The normalized spacial score (nSPS) is 22.1. The average molecular weight is 292 g/mol. The number of amides is 1. The number of likely N-dealkylation sites (tertiary alicyclic amines) is 1. The molecule has 0 spiro atoms. The van der Waals surface area contributed by atoms with Gasteiger partial charge in [-0.2, -0.15) is 0 Å². The molecule has 0 aliphatic carbocycles. The standard InChI is InChI=1S/C16H21FN2O2/c17-14-10-12(5-6-15(14)18-7-1-2-8-18)16(21)19-9-3-4-13(19)11-20/h5-6,10,13,20H,1-4,7-9,11H2/t13-/m1/s1. The van der Waals surface area contributed by atoms with Gasteiger partial charge in [0.2, 0.25) is 0 Å². The summed E-state index contributed by atoms with van der Waals surface area (Å²) in [4.78, 5) is 16.1. The fraction of sp³-hybridized carbons (Fsp3) is 0.562. The van der Waals surface area contributed by atoms with Gasteiger partial charge in [0.25, 0.3) is 5.91 Å². The largest absolute Gasteiger partial charge is 0.394 e. The van der Waals surface area contributed by atoms with E-state index in [1.807, 2.05) is 4.90 Å². The van der Waals surface area contributed by atoms with Crippen molar-refractivity contribution in [1.29, 1.82) is 0 Å². The molecule has 1 aromatic carbocycles. The Morgan fingerprint density at radius 2 is 2.00 bits per heavy atom. The Morgan fingerprint density at radius 1 is 1.24 bits per heavy atom. The van der Waals surface area contributed by atoms with Crippen molar-refractivity contribution in [2.75, 3.05) is 31.1 Å². The molecule has 0 aromatic heterocycles. The first kappa shape index (κ1) is 14.3. The van der Waals surface area contributed by atoms with Crippen molar-refractivity contribution in [1.82, 2.24) is 4.90 Å². The third-order valence-corrected chi connectivity index (χ3v) is 4.49. The molecule has 2 heterocycles. The van der Waals surface area contributed by atoms with Crippen LogP contribution in [0.4, 0.5) is 10.1 Å². The van der Waals surface area contributed by atoms with Crippen molar-refractivity contribution >= 4 is 11.6 Å². The lowest BCUT2D eigenvalue weighted by Gasteiger charge is -2.24. The minimum atomic E-state index is -0.331. The molecule has 0 bridgehead atoms. The first-order valence-electron chi connectivity index (χ1n) is 7.67. The number of nitrogens with zero attached hydrogens (tertiary/aromatic N) is 2. The maximum absolute atomic E-state index is 14.3. The molecule has 4 nitrogen and oxygen atoms in total. The van der Waals surface area contributed by atoms with Crippen LogP contribution < -0.4 is 4.90 Å². The fourth-order valence-corrected chi connectivity index (χ4v) is 3.31. The second-order valence-corrected chi connectivity index (χ2v) is 5.84. The van der Waals surface area contributed by atoms with Gasteiger partial charge < -0.3 is 14.9 Å². The van der Waals surface area contributed by atoms with Crippen LogP contribution in [0.2, 0.25) is 0 Å². The number of hydrogen-bond acceptors (Lipinski definition) is 3. The lowest BCUT2D eigenvalue weighted by atomic mass is 10.1.